The minimum Gasteiger partial charge on any atom is -0.392 e. The fraction of sp³-hybridized carbons (Fsp3) is 0.720. The van der Waals surface area contributed by atoms with E-state index in [1.54, 1.807) is 10.8 Å². The normalized spacial score (nSPS) is 10.7. The molecule has 1 rings (SSSR count). The van der Waals surface area contributed by atoms with E-state index in [9.17, 15) is 15.0 Å². The number of aliphatic hydroxyl groups is 2. The van der Waals surface area contributed by atoms with E-state index in [0.29, 0.717) is 32.8 Å². The van der Waals surface area contributed by atoms with Gasteiger partial charge in [0.05, 0.1) is 33.0 Å². The monoisotopic (exact) mass is 505 g/mol. The quantitative estimate of drug-likeness (QED) is 0.160. The molecule has 0 bridgehead atoms. The van der Waals surface area contributed by atoms with Crippen molar-refractivity contribution in [3.63, 3.8) is 0 Å². The lowest BCUT2D eigenvalue weighted by Gasteiger charge is -2.20. The van der Waals surface area contributed by atoms with Gasteiger partial charge in [-0.25, -0.2) is 0 Å². The molecule has 0 saturated carbocycles. The number of hydrogen-bond acceptors (Lipinski definition) is 8. The predicted molar refractivity (Wildman–Crippen MR) is 144 cm³/mol. The second-order valence-corrected chi connectivity index (χ2v) is 10.7. The van der Waals surface area contributed by atoms with Crippen molar-refractivity contribution < 1.29 is 24.5 Å². The van der Waals surface area contributed by atoms with Gasteiger partial charge in [-0.2, -0.15) is 0 Å². The van der Waals surface area contributed by atoms with E-state index in [1.165, 1.54) is 0 Å². The number of rotatable bonds is 17. The number of aliphatic hydroxyl groups excluding tert-OH is 2. The first-order valence-corrected chi connectivity index (χ1v) is 14.3. The molecule has 0 aromatic heterocycles. The van der Waals surface area contributed by atoms with Crippen molar-refractivity contribution in [3.8, 4) is 0 Å². The summed E-state index contributed by atoms with van der Waals surface area (Å²) in [4.78, 5) is 10.0. The van der Waals surface area contributed by atoms with Crippen LogP contribution in [0.3, 0.4) is 0 Å². The highest BCUT2D eigenvalue weighted by atomic mass is 33.1. The number of hydrogen-bond donors (Lipinski definition) is 3. The van der Waals surface area contributed by atoms with Crippen molar-refractivity contribution in [2.24, 2.45) is 0 Å². The Bertz CT molecular complexity index is 551. The highest BCUT2D eigenvalue weighted by Crippen LogP contribution is 2.36. The number of aryl methyl sites for hydroxylation is 1. The first-order valence-electron chi connectivity index (χ1n) is 11.7. The van der Waals surface area contributed by atoms with E-state index in [-0.39, 0.29) is 18.0 Å². The molecule has 0 heterocycles. The van der Waals surface area contributed by atoms with Crippen LogP contribution in [0.5, 0.6) is 0 Å². The number of benzene rings is 1. The van der Waals surface area contributed by atoms with Crippen molar-refractivity contribution in [2.45, 2.75) is 71.3 Å². The van der Waals surface area contributed by atoms with Crippen LogP contribution in [0.2, 0.25) is 0 Å². The number of aldehydes is 1. The molecule has 0 aliphatic heterocycles. The Morgan fingerprint density at radius 1 is 0.970 bits per heavy atom. The van der Waals surface area contributed by atoms with Gasteiger partial charge in [-0.05, 0) is 63.1 Å². The Morgan fingerprint density at radius 2 is 1.52 bits per heavy atom. The molecule has 1 aromatic carbocycles. The molecule has 0 aliphatic carbocycles. The zero-order valence-electron chi connectivity index (χ0n) is 21.5. The minimum atomic E-state index is 0.00129. The molecule has 0 amide bonds. The van der Waals surface area contributed by atoms with Gasteiger partial charge in [0.1, 0.15) is 6.29 Å². The molecule has 0 spiro atoms. The smallest absolute Gasteiger partial charge is 0.120 e. The SMILES string of the molecule is CC.CNCCOCCOCCCc1cc(CO)cc(CO)c1.CSSC(C)(C)CCC=O. The maximum Gasteiger partial charge on any atom is 0.120 e. The lowest BCUT2D eigenvalue weighted by atomic mass is 10.0. The highest BCUT2D eigenvalue weighted by molar-refractivity contribution is 8.76. The summed E-state index contributed by atoms with van der Waals surface area (Å²) in [6.45, 7) is 11.8. The van der Waals surface area contributed by atoms with Crippen molar-refractivity contribution in [3.05, 3.63) is 34.9 Å². The van der Waals surface area contributed by atoms with Gasteiger partial charge in [-0.15, -0.1) is 0 Å². The maximum absolute atomic E-state index is 10.0. The average Bonchev–Trinajstić information content (AvgIpc) is 2.83. The van der Waals surface area contributed by atoms with Gasteiger partial charge in [0.25, 0.3) is 0 Å². The van der Waals surface area contributed by atoms with Gasteiger partial charge in [0.2, 0.25) is 0 Å². The van der Waals surface area contributed by atoms with E-state index in [2.05, 4.69) is 25.4 Å². The summed E-state index contributed by atoms with van der Waals surface area (Å²) in [6, 6.07) is 5.77. The first-order chi connectivity index (χ1) is 15.9. The summed E-state index contributed by atoms with van der Waals surface area (Å²) < 4.78 is 11.1. The summed E-state index contributed by atoms with van der Waals surface area (Å²) in [5.74, 6) is 0. The van der Waals surface area contributed by atoms with Gasteiger partial charge >= 0.3 is 0 Å². The lowest BCUT2D eigenvalue weighted by molar-refractivity contribution is -0.108. The molecule has 0 unspecified atom stereocenters. The van der Waals surface area contributed by atoms with Crippen molar-refractivity contribution in [2.75, 3.05) is 46.3 Å². The molecule has 0 saturated heterocycles. The summed E-state index contributed by atoms with van der Waals surface area (Å²) in [5.41, 5.74) is 2.81. The van der Waals surface area contributed by atoms with Crippen LogP contribution in [0.1, 0.15) is 63.6 Å². The molecule has 194 valence electrons. The van der Waals surface area contributed by atoms with E-state index in [4.69, 9.17) is 9.47 Å². The summed E-state index contributed by atoms with van der Waals surface area (Å²) in [6.07, 6.45) is 6.50. The zero-order chi connectivity index (χ0) is 25.4. The Hall–Kier alpha value is -0.610. The molecule has 33 heavy (non-hydrogen) atoms. The third kappa shape index (κ3) is 21.6. The number of ether oxygens (including phenoxy) is 2. The molecule has 0 radical (unpaired) electrons. The van der Waals surface area contributed by atoms with Crippen molar-refractivity contribution >= 4 is 27.9 Å². The molecule has 0 atom stereocenters. The summed E-state index contributed by atoms with van der Waals surface area (Å²) in [7, 11) is 5.49. The van der Waals surface area contributed by atoms with Crippen LogP contribution in [0.25, 0.3) is 0 Å². The van der Waals surface area contributed by atoms with Gasteiger partial charge in [0.15, 0.2) is 0 Å². The fourth-order valence-electron chi connectivity index (χ4n) is 2.71. The Morgan fingerprint density at radius 3 is 2.00 bits per heavy atom. The Labute approximate surface area is 210 Å². The molecule has 8 heteroatoms. The van der Waals surface area contributed by atoms with E-state index in [1.807, 2.05) is 49.9 Å². The van der Waals surface area contributed by atoms with Crippen LogP contribution < -0.4 is 5.32 Å². The van der Waals surface area contributed by atoms with Crippen LogP contribution in [0.15, 0.2) is 18.2 Å². The number of carbonyl (C=O) groups excluding carboxylic acids is 1. The van der Waals surface area contributed by atoms with Crippen LogP contribution in [-0.4, -0.2) is 67.5 Å². The molecule has 0 fully saturated rings. The second kappa shape index (κ2) is 24.5. The fourth-order valence-corrected chi connectivity index (χ4v) is 4.97. The first kappa shape index (κ1) is 34.6. The molecule has 1 aromatic rings. The topological polar surface area (TPSA) is 88.0 Å². The van der Waals surface area contributed by atoms with Crippen LogP contribution in [0, 0.1) is 0 Å². The Kier molecular flexibility index (Phi) is 25.7. The maximum atomic E-state index is 10.0. The second-order valence-electron chi connectivity index (χ2n) is 7.62. The molecular formula is C25H47NO5S2. The van der Waals surface area contributed by atoms with Crippen LogP contribution in [0.4, 0.5) is 0 Å². The number of likely N-dealkylation sites (N-methyl/N-ethyl adjacent to an activating group) is 1. The van der Waals surface area contributed by atoms with Crippen molar-refractivity contribution in [1.82, 2.24) is 5.32 Å². The zero-order valence-corrected chi connectivity index (χ0v) is 23.2. The van der Waals surface area contributed by atoms with E-state index < -0.39 is 0 Å². The predicted octanol–water partition coefficient (Wildman–Crippen LogP) is 4.64. The van der Waals surface area contributed by atoms with Gasteiger partial charge in [0, 0.05) is 24.3 Å². The third-order valence-corrected chi connectivity index (χ3v) is 6.95. The van der Waals surface area contributed by atoms with E-state index >= 15 is 0 Å². The minimum absolute atomic E-state index is 0.00129. The molecular weight excluding hydrogens is 458 g/mol. The third-order valence-electron chi connectivity index (χ3n) is 4.27. The number of carbonyl (C=O) groups is 1. The summed E-state index contributed by atoms with van der Waals surface area (Å²) in [5, 5.41) is 21.4. The largest absolute Gasteiger partial charge is 0.392 e. The highest BCUT2D eigenvalue weighted by Gasteiger charge is 2.16. The molecule has 3 N–H and O–H groups in total. The standard InChI is InChI=1S/C16H27NO4.C7H14OS2.C2H6/c1-17-4-6-21-8-7-20-5-2-3-14-9-15(12-18)11-16(10-14)13-19;1-7(2,10-9-3)5-4-6-8;1-2/h9-11,17-19H,2-8,12-13H2,1H3;6H,4-5H2,1-3H3;1-2H3. The summed E-state index contributed by atoms with van der Waals surface area (Å²) >= 11 is 0. The average molecular weight is 506 g/mol. The van der Waals surface area contributed by atoms with Crippen molar-refractivity contribution in [1.29, 1.82) is 0 Å². The van der Waals surface area contributed by atoms with Gasteiger partial charge in [-0.1, -0.05) is 53.6 Å². The van der Waals surface area contributed by atoms with Crippen LogP contribution in [-0.2, 0) is 33.9 Å². The Balaban J connectivity index is 0. The van der Waals surface area contributed by atoms with Gasteiger partial charge in [-0.3, -0.25) is 0 Å². The molecule has 6 nitrogen and oxygen atoms in total. The van der Waals surface area contributed by atoms with Gasteiger partial charge < -0.3 is 29.8 Å². The number of nitrogens with one attached hydrogen (secondary N) is 1. The van der Waals surface area contributed by atoms with Crippen LogP contribution >= 0.6 is 21.6 Å². The van der Waals surface area contributed by atoms with E-state index in [0.717, 1.165) is 48.8 Å². The molecule has 0 aliphatic rings. The lowest BCUT2D eigenvalue weighted by Crippen LogP contribution is -2.16.